The van der Waals surface area contributed by atoms with E-state index in [0.717, 1.165) is 17.4 Å². The maximum atomic E-state index is 11.8. The fourth-order valence-electron chi connectivity index (χ4n) is 1.88. The number of hydrogen-bond acceptors (Lipinski definition) is 4. The minimum Gasteiger partial charge on any atom is -0.350 e. The largest absolute Gasteiger partial charge is 0.350 e. The maximum Gasteiger partial charge on any atom is 0.328 e. The van der Waals surface area contributed by atoms with Crippen molar-refractivity contribution in [1.29, 1.82) is 0 Å². The molecule has 1 aromatic heterocycles. The SMILES string of the molecule is NCC(NC(=O)Cn1cc(Br)c(=O)[nH]c1=O)C1CC1. The summed E-state index contributed by atoms with van der Waals surface area (Å²) in [6.07, 6.45) is 3.45. The van der Waals surface area contributed by atoms with Gasteiger partial charge < -0.3 is 11.1 Å². The van der Waals surface area contributed by atoms with Gasteiger partial charge in [-0.15, -0.1) is 0 Å². The van der Waals surface area contributed by atoms with E-state index in [0.29, 0.717) is 12.5 Å². The van der Waals surface area contributed by atoms with Crippen LogP contribution in [-0.4, -0.2) is 28.0 Å². The number of nitrogens with zero attached hydrogens (tertiary/aromatic N) is 1. The number of H-pyrrole nitrogens is 1. The van der Waals surface area contributed by atoms with Gasteiger partial charge in [0.05, 0.1) is 4.47 Å². The molecule has 19 heavy (non-hydrogen) atoms. The summed E-state index contributed by atoms with van der Waals surface area (Å²) in [7, 11) is 0. The Kier molecular flexibility index (Phi) is 4.20. The molecule has 2 rings (SSSR count). The van der Waals surface area contributed by atoms with Gasteiger partial charge in [0.2, 0.25) is 5.91 Å². The fraction of sp³-hybridized carbons (Fsp3) is 0.545. The van der Waals surface area contributed by atoms with E-state index in [9.17, 15) is 14.4 Å². The topological polar surface area (TPSA) is 110 Å². The minimum absolute atomic E-state index is 0.0330. The van der Waals surface area contributed by atoms with Crippen LogP contribution in [0.3, 0.4) is 0 Å². The number of nitrogens with one attached hydrogen (secondary N) is 2. The second-order valence-corrected chi connectivity index (χ2v) is 5.47. The summed E-state index contributed by atoms with van der Waals surface area (Å²) in [4.78, 5) is 36.6. The summed E-state index contributed by atoms with van der Waals surface area (Å²) in [6.45, 7) is 0.248. The standard InChI is InChI=1S/C11H15BrN4O3/c12-7-4-16(11(19)15-10(7)18)5-9(17)14-8(3-13)6-1-2-6/h4,6,8H,1-3,5,13H2,(H,14,17)(H,15,18,19). The lowest BCUT2D eigenvalue weighted by molar-refractivity contribution is -0.122. The van der Waals surface area contributed by atoms with Gasteiger partial charge >= 0.3 is 5.69 Å². The van der Waals surface area contributed by atoms with Crippen molar-refractivity contribution in [1.82, 2.24) is 14.9 Å². The Morgan fingerprint density at radius 1 is 1.58 bits per heavy atom. The first kappa shape index (κ1) is 14.0. The monoisotopic (exact) mass is 330 g/mol. The predicted molar refractivity (Wildman–Crippen MR) is 72.7 cm³/mol. The van der Waals surface area contributed by atoms with Crippen LogP contribution in [0.5, 0.6) is 0 Å². The number of nitrogens with two attached hydrogens (primary N) is 1. The van der Waals surface area contributed by atoms with Crippen LogP contribution in [0, 0.1) is 5.92 Å². The molecule has 1 atom stereocenters. The predicted octanol–water partition coefficient (Wildman–Crippen LogP) is -0.847. The van der Waals surface area contributed by atoms with Gasteiger partial charge in [0.1, 0.15) is 6.54 Å². The van der Waals surface area contributed by atoms with Crippen LogP contribution >= 0.6 is 15.9 Å². The summed E-state index contributed by atoms with van der Waals surface area (Å²) in [5.74, 6) is 0.163. The van der Waals surface area contributed by atoms with Gasteiger partial charge in [0.25, 0.3) is 5.56 Å². The van der Waals surface area contributed by atoms with Crippen LogP contribution < -0.4 is 22.3 Å². The second kappa shape index (κ2) is 5.70. The lowest BCUT2D eigenvalue weighted by atomic mass is 10.2. The van der Waals surface area contributed by atoms with Crippen molar-refractivity contribution in [3.8, 4) is 0 Å². The molecule has 1 aromatic rings. The number of hydrogen-bond donors (Lipinski definition) is 3. The third-order valence-electron chi connectivity index (χ3n) is 3.07. The molecule has 8 heteroatoms. The zero-order valence-corrected chi connectivity index (χ0v) is 11.8. The van der Waals surface area contributed by atoms with Gasteiger partial charge in [-0.1, -0.05) is 0 Å². The quantitative estimate of drug-likeness (QED) is 0.653. The van der Waals surface area contributed by atoms with Crippen LogP contribution in [0.1, 0.15) is 12.8 Å². The number of halogens is 1. The van der Waals surface area contributed by atoms with Crippen LogP contribution in [0.2, 0.25) is 0 Å². The van der Waals surface area contributed by atoms with Crippen molar-refractivity contribution in [3.63, 3.8) is 0 Å². The molecule has 0 saturated heterocycles. The molecular formula is C11H15BrN4O3. The molecule has 0 bridgehead atoms. The van der Waals surface area contributed by atoms with Gasteiger partial charge in [-0.25, -0.2) is 4.79 Å². The van der Waals surface area contributed by atoms with Gasteiger partial charge in [-0.2, -0.15) is 0 Å². The minimum atomic E-state index is -0.612. The Hall–Kier alpha value is -1.41. The Morgan fingerprint density at radius 2 is 2.26 bits per heavy atom. The molecule has 104 valence electrons. The van der Waals surface area contributed by atoms with Crippen LogP contribution in [0.25, 0.3) is 0 Å². The lowest BCUT2D eigenvalue weighted by Gasteiger charge is -2.16. The van der Waals surface area contributed by atoms with Gasteiger partial charge in [-0.05, 0) is 34.7 Å². The molecule has 4 N–H and O–H groups in total. The number of aromatic amines is 1. The second-order valence-electron chi connectivity index (χ2n) is 4.61. The van der Waals surface area contributed by atoms with E-state index in [1.807, 2.05) is 0 Å². The average molecular weight is 331 g/mol. The van der Waals surface area contributed by atoms with E-state index in [-0.39, 0.29) is 23.0 Å². The molecule has 0 radical (unpaired) electrons. The van der Waals surface area contributed by atoms with E-state index in [4.69, 9.17) is 5.73 Å². The normalized spacial score (nSPS) is 16.1. The van der Waals surface area contributed by atoms with Gasteiger partial charge in [-0.3, -0.25) is 19.1 Å². The van der Waals surface area contributed by atoms with Crippen molar-refractivity contribution >= 4 is 21.8 Å². The van der Waals surface area contributed by atoms with Crippen molar-refractivity contribution in [2.75, 3.05) is 6.54 Å². The molecule has 1 unspecified atom stereocenters. The van der Waals surface area contributed by atoms with Crippen molar-refractivity contribution in [3.05, 3.63) is 31.5 Å². The van der Waals surface area contributed by atoms with E-state index >= 15 is 0 Å². The highest BCUT2D eigenvalue weighted by atomic mass is 79.9. The smallest absolute Gasteiger partial charge is 0.328 e. The maximum absolute atomic E-state index is 11.8. The summed E-state index contributed by atoms with van der Waals surface area (Å²) in [6, 6.07) is -0.0330. The van der Waals surface area contributed by atoms with E-state index in [1.165, 1.54) is 6.20 Å². The highest BCUT2D eigenvalue weighted by molar-refractivity contribution is 9.10. The summed E-state index contributed by atoms with van der Waals surface area (Å²) < 4.78 is 1.35. The first-order valence-corrected chi connectivity index (χ1v) is 6.79. The molecule has 1 aliphatic carbocycles. The summed E-state index contributed by atoms with van der Waals surface area (Å²) >= 11 is 3.01. The summed E-state index contributed by atoms with van der Waals surface area (Å²) in [5.41, 5.74) is 4.46. The fourth-order valence-corrected chi connectivity index (χ4v) is 2.22. The van der Waals surface area contributed by atoms with E-state index in [2.05, 4.69) is 26.2 Å². The Labute approximate surface area is 117 Å². The van der Waals surface area contributed by atoms with Gasteiger partial charge in [0, 0.05) is 18.8 Å². The highest BCUT2D eigenvalue weighted by Gasteiger charge is 2.31. The lowest BCUT2D eigenvalue weighted by Crippen LogP contribution is -2.44. The molecule has 0 aromatic carbocycles. The molecule has 1 fully saturated rings. The van der Waals surface area contributed by atoms with Crippen molar-refractivity contribution < 1.29 is 4.79 Å². The van der Waals surface area contributed by atoms with Gasteiger partial charge in [0.15, 0.2) is 0 Å². The van der Waals surface area contributed by atoms with Crippen molar-refractivity contribution in [2.45, 2.75) is 25.4 Å². The number of amides is 1. The third-order valence-corrected chi connectivity index (χ3v) is 3.64. The van der Waals surface area contributed by atoms with Crippen LogP contribution in [0.4, 0.5) is 0 Å². The molecule has 0 aliphatic heterocycles. The first-order chi connectivity index (χ1) is 9.01. The number of aromatic nitrogens is 2. The zero-order chi connectivity index (χ0) is 14.0. The molecule has 1 saturated carbocycles. The molecular weight excluding hydrogens is 316 g/mol. The number of carbonyl (C=O) groups is 1. The summed E-state index contributed by atoms with van der Waals surface area (Å²) in [5, 5.41) is 2.81. The molecule has 1 amide bonds. The Balaban J connectivity index is 2.04. The van der Waals surface area contributed by atoms with E-state index < -0.39 is 11.2 Å². The molecule has 1 heterocycles. The third kappa shape index (κ3) is 3.54. The molecule has 7 nitrogen and oxygen atoms in total. The Morgan fingerprint density at radius 3 is 2.84 bits per heavy atom. The average Bonchev–Trinajstić information content (AvgIpc) is 3.17. The van der Waals surface area contributed by atoms with Crippen LogP contribution in [0.15, 0.2) is 20.3 Å². The first-order valence-electron chi connectivity index (χ1n) is 6.00. The highest BCUT2D eigenvalue weighted by Crippen LogP contribution is 2.32. The number of carbonyl (C=O) groups excluding carboxylic acids is 1. The number of rotatable bonds is 5. The zero-order valence-electron chi connectivity index (χ0n) is 10.2. The Bertz CT molecular complexity index is 590. The van der Waals surface area contributed by atoms with Crippen LogP contribution in [-0.2, 0) is 11.3 Å². The van der Waals surface area contributed by atoms with Crippen molar-refractivity contribution in [2.24, 2.45) is 11.7 Å². The molecule has 0 spiro atoms. The molecule has 1 aliphatic rings. The van der Waals surface area contributed by atoms with E-state index in [1.54, 1.807) is 0 Å².